The van der Waals surface area contributed by atoms with Gasteiger partial charge in [0.2, 0.25) is 5.91 Å². The normalized spacial score (nSPS) is 16.8. The highest BCUT2D eigenvalue weighted by Gasteiger charge is 2.27. The monoisotopic (exact) mass is 336 g/mol. The molecule has 5 nitrogen and oxygen atoms in total. The number of hydrogen-bond donors (Lipinski definition) is 0. The topological polar surface area (TPSA) is 51.5 Å². The lowest BCUT2D eigenvalue weighted by atomic mass is 10.1. The number of rotatable bonds is 3. The van der Waals surface area contributed by atoms with Crippen molar-refractivity contribution in [3.63, 3.8) is 0 Å². The number of halogens is 1. The number of benzene rings is 1. The number of amides is 1. The molecule has 0 aliphatic carbocycles. The predicted octanol–water partition coefficient (Wildman–Crippen LogP) is 2.56. The van der Waals surface area contributed by atoms with E-state index in [2.05, 4.69) is 0 Å². The van der Waals surface area contributed by atoms with Crippen molar-refractivity contribution in [2.24, 2.45) is 0 Å². The Labute approximate surface area is 136 Å². The fraction of sp³-hybridized carbons (Fsp3) is 0.375. The zero-order valence-electron chi connectivity index (χ0n) is 12.9. The minimum absolute atomic E-state index is 0.0619. The third-order valence-corrected chi connectivity index (χ3v) is 4.69. The van der Waals surface area contributed by atoms with Gasteiger partial charge in [0.05, 0.1) is 12.2 Å². The Bertz CT molecular complexity index is 799. The number of aryl methyl sites for hydroxylation is 1. The summed E-state index contributed by atoms with van der Waals surface area (Å²) in [5.41, 5.74) is 1.43. The second kappa shape index (κ2) is 6.16. The van der Waals surface area contributed by atoms with Gasteiger partial charge in [0.25, 0.3) is 0 Å². The fourth-order valence-electron chi connectivity index (χ4n) is 2.67. The van der Waals surface area contributed by atoms with Crippen LogP contribution in [0.4, 0.5) is 10.1 Å². The van der Waals surface area contributed by atoms with E-state index in [0.717, 1.165) is 17.0 Å². The van der Waals surface area contributed by atoms with E-state index in [1.54, 1.807) is 20.9 Å². The van der Waals surface area contributed by atoms with Crippen LogP contribution in [-0.2, 0) is 11.3 Å². The van der Waals surface area contributed by atoms with Gasteiger partial charge in [-0.2, -0.15) is 0 Å². The zero-order chi connectivity index (χ0) is 16.6. The zero-order valence-corrected chi connectivity index (χ0v) is 13.7. The summed E-state index contributed by atoms with van der Waals surface area (Å²) in [4.78, 5) is 25.8. The highest BCUT2D eigenvalue weighted by molar-refractivity contribution is 7.07. The average Bonchev–Trinajstić information content (AvgIpc) is 2.82. The largest absolute Gasteiger partial charge is 0.487 e. The lowest BCUT2D eigenvalue weighted by Gasteiger charge is -2.33. The number of ether oxygens (including phenoxy) is 1. The summed E-state index contributed by atoms with van der Waals surface area (Å²) in [5.74, 6) is -0.128. The molecular weight excluding hydrogens is 319 g/mol. The Hall–Kier alpha value is -2.15. The molecule has 3 rings (SSSR count). The Morgan fingerprint density at radius 2 is 2.26 bits per heavy atom. The van der Waals surface area contributed by atoms with Gasteiger partial charge >= 0.3 is 4.87 Å². The average molecular weight is 336 g/mol. The molecule has 1 aliphatic rings. The van der Waals surface area contributed by atoms with Crippen LogP contribution >= 0.6 is 11.3 Å². The van der Waals surface area contributed by atoms with Crippen molar-refractivity contribution < 1.29 is 13.9 Å². The lowest BCUT2D eigenvalue weighted by molar-refractivity contribution is -0.119. The van der Waals surface area contributed by atoms with E-state index in [1.165, 1.54) is 12.1 Å². The molecule has 0 radical (unpaired) electrons. The van der Waals surface area contributed by atoms with Crippen molar-refractivity contribution in [2.75, 3.05) is 11.4 Å². The van der Waals surface area contributed by atoms with E-state index in [-0.39, 0.29) is 23.3 Å². The van der Waals surface area contributed by atoms with Gasteiger partial charge in [-0.15, -0.1) is 0 Å². The Balaban J connectivity index is 1.79. The van der Waals surface area contributed by atoms with Crippen LogP contribution in [0.3, 0.4) is 0 Å². The summed E-state index contributed by atoms with van der Waals surface area (Å²) in [6.07, 6.45) is -0.0000508. The van der Waals surface area contributed by atoms with Crippen molar-refractivity contribution in [1.29, 1.82) is 0 Å². The molecule has 0 spiro atoms. The highest BCUT2D eigenvalue weighted by Crippen LogP contribution is 2.34. The summed E-state index contributed by atoms with van der Waals surface area (Å²) in [6.45, 7) is 4.43. The quantitative estimate of drug-likeness (QED) is 0.866. The van der Waals surface area contributed by atoms with E-state index in [1.807, 2.05) is 13.8 Å². The third-order valence-electron chi connectivity index (χ3n) is 3.81. The first-order valence-corrected chi connectivity index (χ1v) is 8.25. The molecule has 0 N–H and O–H groups in total. The van der Waals surface area contributed by atoms with E-state index < -0.39 is 5.82 Å². The number of thiazole rings is 1. The molecule has 122 valence electrons. The van der Waals surface area contributed by atoms with Crippen LogP contribution in [0, 0.1) is 12.7 Å². The summed E-state index contributed by atoms with van der Waals surface area (Å²) in [5, 5.41) is 1.78. The van der Waals surface area contributed by atoms with E-state index >= 15 is 0 Å². The maximum absolute atomic E-state index is 13.4. The first kappa shape index (κ1) is 15.7. The molecule has 0 unspecified atom stereocenters. The van der Waals surface area contributed by atoms with Crippen molar-refractivity contribution in [1.82, 2.24) is 4.57 Å². The second-order valence-electron chi connectivity index (χ2n) is 5.59. The van der Waals surface area contributed by atoms with E-state index in [0.29, 0.717) is 24.5 Å². The van der Waals surface area contributed by atoms with Crippen molar-refractivity contribution in [2.45, 2.75) is 32.9 Å². The van der Waals surface area contributed by atoms with Crippen LogP contribution in [0.25, 0.3) is 0 Å². The van der Waals surface area contributed by atoms with E-state index in [9.17, 15) is 14.0 Å². The van der Waals surface area contributed by atoms with E-state index in [4.69, 9.17) is 4.74 Å². The van der Waals surface area contributed by atoms with Crippen LogP contribution in [0.15, 0.2) is 28.4 Å². The Kier molecular flexibility index (Phi) is 4.21. The molecule has 0 fully saturated rings. The number of carbonyl (C=O) groups excluding carboxylic acids is 1. The molecule has 1 aromatic carbocycles. The van der Waals surface area contributed by atoms with Crippen LogP contribution in [-0.4, -0.2) is 23.1 Å². The first-order valence-electron chi connectivity index (χ1n) is 7.37. The minimum Gasteiger partial charge on any atom is -0.487 e. The number of hydrogen-bond acceptors (Lipinski definition) is 4. The number of nitrogens with zero attached hydrogens (tertiary/aromatic N) is 2. The molecule has 0 saturated carbocycles. The van der Waals surface area contributed by atoms with Crippen LogP contribution < -0.4 is 14.5 Å². The molecule has 0 bridgehead atoms. The smallest absolute Gasteiger partial charge is 0.307 e. The Morgan fingerprint density at radius 3 is 2.96 bits per heavy atom. The molecule has 1 aromatic heterocycles. The third kappa shape index (κ3) is 3.14. The summed E-state index contributed by atoms with van der Waals surface area (Å²) >= 11 is 1.13. The molecule has 1 atom stereocenters. The minimum atomic E-state index is -0.398. The van der Waals surface area contributed by atoms with Gasteiger partial charge in [0.15, 0.2) is 0 Å². The molecule has 2 aromatic rings. The predicted molar refractivity (Wildman–Crippen MR) is 86.8 cm³/mol. The second-order valence-corrected chi connectivity index (χ2v) is 6.41. The van der Waals surface area contributed by atoms with Crippen molar-refractivity contribution in [3.8, 4) is 5.75 Å². The van der Waals surface area contributed by atoms with Gasteiger partial charge in [0, 0.05) is 30.1 Å². The number of anilines is 1. The highest BCUT2D eigenvalue weighted by atomic mass is 32.1. The van der Waals surface area contributed by atoms with Crippen LogP contribution in [0.5, 0.6) is 5.75 Å². The van der Waals surface area contributed by atoms with Crippen molar-refractivity contribution >= 4 is 22.9 Å². The molecule has 23 heavy (non-hydrogen) atoms. The molecular formula is C16H17FN2O3S. The first-order chi connectivity index (χ1) is 11.0. The standard InChI is InChI=1S/C16H17FN2O3S/c1-10-9-23-16(21)18(10)6-5-15(20)19-8-11(2)22-14-7-12(17)3-4-13(14)19/h3-4,7,9,11H,5-6,8H2,1-2H3/t11-/m0/s1. The SMILES string of the molecule is Cc1csc(=O)n1CCC(=O)N1C[C@H](C)Oc2cc(F)ccc21. The van der Waals surface area contributed by atoms with Gasteiger partial charge in [-0.1, -0.05) is 11.3 Å². The summed E-state index contributed by atoms with van der Waals surface area (Å²) in [6, 6.07) is 4.15. The molecule has 1 amide bonds. The maximum Gasteiger partial charge on any atom is 0.307 e. The number of fused-ring (bicyclic) bond motifs is 1. The van der Waals surface area contributed by atoms with Crippen LogP contribution in [0.1, 0.15) is 19.0 Å². The molecule has 2 heterocycles. The van der Waals surface area contributed by atoms with Crippen molar-refractivity contribution in [3.05, 3.63) is 44.8 Å². The molecule has 1 aliphatic heterocycles. The maximum atomic E-state index is 13.4. The van der Waals surface area contributed by atoms with Gasteiger partial charge in [-0.05, 0) is 26.0 Å². The number of carbonyl (C=O) groups is 1. The number of aromatic nitrogens is 1. The van der Waals surface area contributed by atoms with Gasteiger partial charge in [-0.25, -0.2) is 4.39 Å². The van der Waals surface area contributed by atoms with Gasteiger partial charge < -0.3 is 14.2 Å². The molecule has 0 saturated heterocycles. The Morgan fingerprint density at radius 1 is 1.48 bits per heavy atom. The fourth-order valence-corrected chi connectivity index (χ4v) is 3.43. The van der Waals surface area contributed by atoms with Gasteiger partial charge in [0.1, 0.15) is 17.7 Å². The summed E-state index contributed by atoms with van der Waals surface area (Å²) < 4.78 is 20.5. The lowest BCUT2D eigenvalue weighted by Crippen LogP contribution is -2.42. The van der Waals surface area contributed by atoms with Gasteiger partial charge in [-0.3, -0.25) is 9.59 Å². The van der Waals surface area contributed by atoms with Crippen LogP contribution in [0.2, 0.25) is 0 Å². The summed E-state index contributed by atoms with van der Waals surface area (Å²) in [7, 11) is 0. The molecule has 7 heteroatoms.